The molecule has 0 bridgehead atoms. The molecule has 0 radical (unpaired) electrons. The van der Waals surface area contributed by atoms with E-state index in [0.29, 0.717) is 6.04 Å². The Bertz CT molecular complexity index is 300. The summed E-state index contributed by atoms with van der Waals surface area (Å²) in [6.07, 6.45) is 4.15. The number of pyridine rings is 1. The van der Waals surface area contributed by atoms with Crippen LogP contribution in [-0.2, 0) is 6.54 Å². The molecular weight excluding hydrogens is 199 g/mol. The Morgan fingerprint density at radius 2 is 2.50 bits per heavy atom. The van der Waals surface area contributed by atoms with Crippen LogP contribution in [0.15, 0.2) is 18.5 Å². The Balaban J connectivity index is 1.85. The SMILES string of the molecule is Fc1cncc(CNC2CCSC2)c1. The molecular formula is C10H13FN2S. The molecule has 2 nitrogen and oxygen atoms in total. The highest BCUT2D eigenvalue weighted by Crippen LogP contribution is 2.17. The molecule has 1 unspecified atom stereocenters. The maximum absolute atomic E-state index is 12.8. The Morgan fingerprint density at radius 1 is 1.57 bits per heavy atom. The van der Waals surface area contributed by atoms with Gasteiger partial charge in [0.2, 0.25) is 0 Å². The number of thioether (sulfide) groups is 1. The molecule has 1 aromatic rings. The van der Waals surface area contributed by atoms with Crippen molar-refractivity contribution in [1.29, 1.82) is 0 Å². The third kappa shape index (κ3) is 2.69. The number of rotatable bonds is 3. The van der Waals surface area contributed by atoms with E-state index in [9.17, 15) is 4.39 Å². The van der Waals surface area contributed by atoms with Gasteiger partial charge in [-0.1, -0.05) is 0 Å². The van der Waals surface area contributed by atoms with E-state index in [1.807, 2.05) is 11.8 Å². The monoisotopic (exact) mass is 212 g/mol. The summed E-state index contributed by atoms with van der Waals surface area (Å²) < 4.78 is 12.8. The van der Waals surface area contributed by atoms with Crippen molar-refractivity contribution in [2.75, 3.05) is 11.5 Å². The van der Waals surface area contributed by atoms with Crippen molar-refractivity contribution in [2.24, 2.45) is 0 Å². The second-order valence-corrected chi connectivity index (χ2v) is 4.60. The average molecular weight is 212 g/mol. The van der Waals surface area contributed by atoms with Gasteiger partial charge >= 0.3 is 0 Å². The van der Waals surface area contributed by atoms with Crippen LogP contribution in [0.1, 0.15) is 12.0 Å². The normalized spacial score (nSPS) is 21.4. The Morgan fingerprint density at radius 3 is 3.21 bits per heavy atom. The summed E-state index contributed by atoms with van der Waals surface area (Å²) in [4.78, 5) is 3.81. The van der Waals surface area contributed by atoms with Gasteiger partial charge in [-0.2, -0.15) is 11.8 Å². The quantitative estimate of drug-likeness (QED) is 0.827. The fraction of sp³-hybridized carbons (Fsp3) is 0.500. The predicted octanol–water partition coefficient (Wildman–Crippen LogP) is 1.82. The van der Waals surface area contributed by atoms with Gasteiger partial charge in [0.25, 0.3) is 0 Å². The second-order valence-electron chi connectivity index (χ2n) is 3.45. The van der Waals surface area contributed by atoms with Crippen LogP contribution in [-0.4, -0.2) is 22.5 Å². The Labute approximate surface area is 87.3 Å². The van der Waals surface area contributed by atoms with Gasteiger partial charge in [0, 0.05) is 24.5 Å². The molecule has 1 saturated heterocycles. The molecule has 1 aliphatic rings. The number of nitrogens with zero attached hydrogens (tertiary/aromatic N) is 1. The molecule has 1 aliphatic heterocycles. The van der Waals surface area contributed by atoms with Crippen molar-refractivity contribution in [3.63, 3.8) is 0 Å². The van der Waals surface area contributed by atoms with Crippen molar-refractivity contribution in [3.05, 3.63) is 29.8 Å². The minimum atomic E-state index is -0.259. The van der Waals surface area contributed by atoms with E-state index in [2.05, 4.69) is 10.3 Å². The number of hydrogen-bond acceptors (Lipinski definition) is 3. The van der Waals surface area contributed by atoms with Gasteiger partial charge < -0.3 is 5.32 Å². The van der Waals surface area contributed by atoms with Crippen molar-refractivity contribution in [3.8, 4) is 0 Å². The molecule has 0 aromatic carbocycles. The Hall–Kier alpha value is -0.610. The van der Waals surface area contributed by atoms with Crippen molar-refractivity contribution in [2.45, 2.75) is 19.0 Å². The van der Waals surface area contributed by atoms with Crippen LogP contribution < -0.4 is 5.32 Å². The van der Waals surface area contributed by atoms with Gasteiger partial charge in [0.15, 0.2) is 0 Å². The highest BCUT2D eigenvalue weighted by Gasteiger charge is 2.14. The number of nitrogens with one attached hydrogen (secondary N) is 1. The molecule has 0 aliphatic carbocycles. The maximum atomic E-state index is 12.8. The van der Waals surface area contributed by atoms with E-state index in [4.69, 9.17) is 0 Å². The van der Waals surface area contributed by atoms with E-state index in [1.54, 1.807) is 6.20 Å². The molecule has 0 saturated carbocycles. The van der Waals surface area contributed by atoms with Crippen LogP contribution >= 0.6 is 11.8 Å². The molecule has 0 spiro atoms. The molecule has 1 atom stereocenters. The highest BCUT2D eigenvalue weighted by molar-refractivity contribution is 7.99. The van der Waals surface area contributed by atoms with E-state index in [0.717, 1.165) is 12.1 Å². The van der Waals surface area contributed by atoms with Gasteiger partial charge in [-0.15, -0.1) is 0 Å². The van der Waals surface area contributed by atoms with Gasteiger partial charge in [-0.05, 0) is 23.8 Å². The first-order chi connectivity index (χ1) is 6.84. The molecule has 1 aromatic heterocycles. The van der Waals surface area contributed by atoms with Crippen LogP contribution in [0, 0.1) is 5.82 Å². The zero-order valence-electron chi connectivity index (χ0n) is 7.87. The standard InChI is InChI=1S/C10H13FN2S/c11-9-3-8(4-12-6-9)5-13-10-1-2-14-7-10/h3-4,6,10,13H,1-2,5,7H2. The molecule has 1 fully saturated rings. The topological polar surface area (TPSA) is 24.9 Å². The fourth-order valence-corrected chi connectivity index (χ4v) is 2.70. The van der Waals surface area contributed by atoms with Crippen LogP contribution in [0.4, 0.5) is 4.39 Å². The highest BCUT2D eigenvalue weighted by atomic mass is 32.2. The maximum Gasteiger partial charge on any atom is 0.141 e. The zero-order valence-corrected chi connectivity index (χ0v) is 8.69. The lowest BCUT2D eigenvalue weighted by molar-refractivity contribution is 0.552. The summed E-state index contributed by atoms with van der Waals surface area (Å²) in [6, 6.07) is 2.12. The van der Waals surface area contributed by atoms with E-state index >= 15 is 0 Å². The minimum Gasteiger partial charge on any atom is -0.309 e. The van der Waals surface area contributed by atoms with E-state index < -0.39 is 0 Å². The van der Waals surface area contributed by atoms with Gasteiger partial charge in [0.1, 0.15) is 5.82 Å². The molecule has 1 N–H and O–H groups in total. The lowest BCUT2D eigenvalue weighted by Gasteiger charge is -2.10. The van der Waals surface area contributed by atoms with Crippen LogP contribution in [0.25, 0.3) is 0 Å². The smallest absolute Gasteiger partial charge is 0.141 e. The van der Waals surface area contributed by atoms with Crippen molar-refractivity contribution >= 4 is 11.8 Å². The molecule has 76 valence electrons. The van der Waals surface area contributed by atoms with Crippen molar-refractivity contribution < 1.29 is 4.39 Å². The zero-order chi connectivity index (χ0) is 9.80. The van der Waals surface area contributed by atoms with Gasteiger partial charge in [0.05, 0.1) is 6.20 Å². The first-order valence-electron chi connectivity index (χ1n) is 4.75. The lowest BCUT2D eigenvalue weighted by atomic mass is 10.2. The third-order valence-corrected chi connectivity index (χ3v) is 3.45. The molecule has 2 heterocycles. The largest absolute Gasteiger partial charge is 0.309 e. The first kappa shape index (κ1) is 9.93. The lowest BCUT2D eigenvalue weighted by Crippen LogP contribution is -2.28. The molecule has 4 heteroatoms. The number of halogens is 1. The summed E-state index contributed by atoms with van der Waals surface area (Å²) in [5.41, 5.74) is 0.918. The summed E-state index contributed by atoms with van der Waals surface area (Å²) in [7, 11) is 0. The Kier molecular flexibility index (Phi) is 3.37. The first-order valence-corrected chi connectivity index (χ1v) is 5.90. The van der Waals surface area contributed by atoms with Crippen LogP contribution in [0.2, 0.25) is 0 Å². The van der Waals surface area contributed by atoms with Gasteiger partial charge in [-0.25, -0.2) is 4.39 Å². The average Bonchev–Trinajstić information content (AvgIpc) is 2.67. The van der Waals surface area contributed by atoms with E-state index in [1.165, 1.54) is 30.2 Å². The molecule has 0 amide bonds. The van der Waals surface area contributed by atoms with Crippen molar-refractivity contribution in [1.82, 2.24) is 10.3 Å². The summed E-state index contributed by atoms with van der Waals surface area (Å²) in [6.45, 7) is 0.718. The third-order valence-electron chi connectivity index (χ3n) is 2.29. The summed E-state index contributed by atoms with van der Waals surface area (Å²) in [5.74, 6) is 2.15. The summed E-state index contributed by atoms with van der Waals surface area (Å²) in [5, 5.41) is 3.40. The van der Waals surface area contributed by atoms with Gasteiger partial charge in [-0.3, -0.25) is 4.98 Å². The molecule has 2 rings (SSSR count). The number of hydrogen-bond donors (Lipinski definition) is 1. The summed E-state index contributed by atoms with van der Waals surface area (Å²) >= 11 is 1.97. The predicted molar refractivity (Wildman–Crippen MR) is 56.8 cm³/mol. The van der Waals surface area contributed by atoms with Crippen LogP contribution in [0.5, 0.6) is 0 Å². The fourth-order valence-electron chi connectivity index (χ4n) is 1.51. The minimum absolute atomic E-state index is 0.259. The van der Waals surface area contributed by atoms with E-state index in [-0.39, 0.29) is 5.82 Å². The number of aromatic nitrogens is 1. The molecule has 14 heavy (non-hydrogen) atoms. The van der Waals surface area contributed by atoms with Crippen LogP contribution in [0.3, 0.4) is 0 Å². The second kappa shape index (κ2) is 4.75.